The van der Waals surface area contributed by atoms with Crippen LogP contribution in [-0.2, 0) is 12.4 Å². The van der Waals surface area contributed by atoms with Gasteiger partial charge in [0.1, 0.15) is 11.4 Å². The van der Waals surface area contributed by atoms with E-state index in [4.69, 9.17) is 4.74 Å². The first kappa shape index (κ1) is 19.5. The van der Waals surface area contributed by atoms with Crippen LogP contribution in [0.5, 0.6) is 5.75 Å². The lowest BCUT2D eigenvalue weighted by atomic mass is 10.1. The molecule has 0 atom stereocenters. The highest BCUT2D eigenvalue weighted by Crippen LogP contribution is 2.34. The molecule has 1 N–H and O–H groups in total. The molecule has 5 nitrogen and oxygen atoms in total. The van der Waals surface area contributed by atoms with Gasteiger partial charge in [0.2, 0.25) is 0 Å². The van der Waals surface area contributed by atoms with E-state index in [-0.39, 0.29) is 22.8 Å². The molecule has 11 heteroatoms. The Morgan fingerprint density at radius 1 is 0.929 bits per heavy atom. The van der Waals surface area contributed by atoms with Crippen LogP contribution in [0.25, 0.3) is 17.1 Å². The van der Waals surface area contributed by atoms with Gasteiger partial charge in [0.15, 0.2) is 5.82 Å². The Morgan fingerprint density at radius 3 is 2.04 bits per heavy atom. The number of hydrogen-bond donors (Lipinski definition) is 1. The highest BCUT2D eigenvalue weighted by molar-refractivity contribution is 5.56. The molecular weight excluding hydrogens is 392 g/mol. The molecule has 0 amide bonds. The number of ether oxygens (including phenoxy) is 1. The van der Waals surface area contributed by atoms with E-state index in [1.165, 1.54) is 7.11 Å². The number of halogens is 6. The zero-order chi connectivity index (χ0) is 20.7. The maximum absolute atomic E-state index is 13.0. The molecule has 0 radical (unpaired) electrons. The number of H-pyrrole nitrogens is 1. The Bertz CT molecular complexity index is 1050. The van der Waals surface area contributed by atoms with Crippen molar-refractivity contribution in [3.05, 3.63) is 64.1 Å². The van der Waals surface area contributed by atoms with Crippen molar-refractivity contribution in [2.24, 2.45) is 0 Å². The van der Waals surface area contributed by atoms with Crippen LogP contribution in [0, 0.1) is 0 Å². The minimum absolute atomic E-state index is 0.0411. The second-order valence-electron chi connectivity index (χ2n) is 5.65. The van der Waals surface area contributed by atoms with Gasteiger partial charge in [-0.3, -0.25) is 4.98 Å². The summed E-state index contributed by atoms with van der Waals surface area (Å²) in [4.78, 5) is 14.5. The minimum Gasteiger partial charge on any atom is -0.494 e. The van der Waals surface area contributed by atoms with Crippen LogP contribution in [0.4, 0.5) is 26.3 Å². The van der Waals surface area contributed by atoms with Crippen molar-refractivity contribution in [2.45, 2.75) is 12.4 Å². The van der Waals surface area contributed by atoms with Gasteiger partial charge in [-0.1, -0.05) is 12.1 Å². The maximum Gasteiger partial charge on any atom is 0.416 e. The SMILES string of the molecule is COc1ccc(C(F)(F)F)cc1-n1nc(-c2ccc(C(F)(F)F)cc2)[nH]c1=O. The van der Waals surface area contributed by atoms with Gasteiger partial charge in [-0.15, -0.1) is 5.10 Å². The van der Waals surface area contributed by atoms with E-state index < -0.39 is 29.2 Å². The summed E-state index contributed by atoms with van der Waals surface area (Å²) in [6.07, 6.45) is -9.19. The van der Waals surface area contributed by atoms with Gasteiger partial charge in [0, 0.05) is 5.56 Å². The van der Waals surface area contributed by atoms with Crippen molar-refractivity contribution < 1.29 is 31.1 Å². The number of alkyl halides is 6. The Kier molecular flexibility index (Phi) is 4.69. The van der Waals surface area contributed by atoms with Gasteiger partial charge in [-0.2, -0.15) is 31.0 Å². The molecule has 0 bridgehead atoms. The van der Waals surface area contributed by atoms with E-state index in [0.717, 1.165) is 36.4 Å². The van der Waals surface area contributed by atoms with Crippen molar-refractivity contribution in [1.82, 2.24) is 14.8 Å². The minimum atomic E-state index is -4.66. The van der Waals surface area contributed by atoms with Crippen LogP contribution in [0.1, 0.15) is 11.1 Å². The van der Waals surface area contributed by atoms with Crippen molar-refractivity contribution in [3.63, 3.8) is 0 Å². The van der Waals surface area contributed by atoms with E-state index in [1.54, 1.807) is 0 Å². The lowest BCUT2D eigenvalue weighted by Crippen LogP contribution is -2.18. The zero-order valence-electron chi connectivity index (χ0n) is 14.0. The molecule has 0 saturated carbocycles. The third kappa shape index (κ3) is 3.73. The predicted octanol–water partition coefficient (Wildman–Crippen LogP) is 4.27. The normalized spacial score (nSPS) is 12.2. The summed E-state index contributed by atoms with van der Waals surface area (Å²) in [5, 5.41) is 3.89. The molecule has 0 aliphatic heterocycles. The Labute approximate surface area is 153 Å². The summed E-state index contributed by atoms with van der Waals surface area (Å²) in [6, 6.07) is 6.31. The molecule has 0 fully saturated rings. The number of aromatic nitrogens is 3. The van der Waals surface area contributed by atoms with Gasteiger partial charge >= 0.3 is 18.0 Å². The fourth-order valence-electron chi connectivity index (χ4n) is 2.47. The molecule has 0 aliphatic rings. The van der Waals surface area contributed by atoms with Crippen LogP contribution >= 0.6 is 0 Å². The molecule has 3 rings (SSSR count). The second-order valence-corrected chi connectivity index (χ2v) is 5.65. The standard InChI is InChI=1S/C17H11F6N3O2/c1-28-13-7-6-11(17(21,22)23)8-12(13)26-15(27)24-14(25-26)9-2-4-10(5-3-9)16(18,19)20/h2-8H,1H3,(H,24,25,27). The molecule has 3 aromatic rings. The number of benzene rings is 2. The zero-order valence-corrected chi connectivity index (χ0v) is 14.0. The second kappa shape index (κ2) is 6.73. The summed E-state index contributed by atoms with van der Waals surface area (Å²) >= 11 is 0. The predicted molar refractivity (Wildman–Crippen MR) is 86.2 cm³/mol. The number of aromatic amines is 1. The Morgan fingerprint density at radius 2 is 1.50 bits per heavy atom. The van der Waals surface area contributed by atoms with E-state index in [0.29, 0.717) is 10.7 Å². The van der Waals surface area contributed by atoms with Crippen molar-refractivity contribution in [3.8, 4) is 22.8 Å². The molecule has 0 unspecified atom stereocenters. The molecule has 0 aliphatic carbocycles. The highest BCUT2D eigenvalue weighted by atomic mass is 19.4. The summed E-state index contributed by atoms with van der Waals surface area (Å²) < 4.78 is 82.5. The first-order valence-corrected chi connectivity index (χ1v) is 7.63. The van der Waals surface area contributed by atoms with Crippen LogP contribution in [-0.4, -0.2) is 21.9 Å². The number of rotatable bonds is 3. The summed E-state index contributed by atoms with van der Waals surface area (Å²) in [5.74, 6) is -0.154. The number of hydrogen-bond acceptors (Lipinski definition) is 3. The molecule has 0 spiro atoms. The van der Waals surface area contributed by atoms with Gasteiger partial charge in [-0.25, -0.2) is 4.79 Å². The average molecular weight is 403 g/mol. The average Bonchev–Trinajstić information content (AvgIpc) is 3.01. The quantitative estimate of drug-likeness (QED) is 0.665. The number of nitrogens with one attached hydrogen (secondary N) is 1. The third-order valence-electron chi connectivity index (χ3n) is 3.84. The lowest BCUT2D eigenvalue weighted by molar-refractivity contribution is -0.138. The van der Waals surface area contributed by atoms with E-state index >= 15 is 0 Å². The number of nitrogens with zero attached hydrogens (tertiary/aromatic N) is 2. The van der Waals surface area contributed by atoms with Crippen molar-refractivity contribution in [1.29, 1.82) is 0 Å². The highest BCUT2D eigenvalue weighted by Gasteiger charge is 2.32. The van der Waals surface area contributed by atoms with Gasteiger partial charge in [0.05, 0.1) is 18.2 Å². The monoisotopic (exact) mass is 403 g/mol. The van der Waals surface area contributed by atoms with Crippen molar-refractivity contribution >= 4 is 0 Å². The smallest absolute Gasteiger partial charge is 0.416 e. The third-order valence-corrected chi connectivity index (χ3v) is 3.84. The lowest BCUT2D eigenvalue weighted by Gasteiger charge is -2.12. The van der Waals surface area contributed by atoms with Crippen molar-refractivity contribution in [2.75, 3.05) is 7.11 Å². The molecule has 0 saturated heterocycles. The largest absolute Gasteiger partial charge is 0.494 e. The van der Waals surface area contributed by atoms with E-state index in [2.05, 4.69) is 10.1 Å². The van der Waals surface area contributed by atoms with Crippen LogP contribution in [0.2, 0.25) is 0 Å². The van der Waals surface area contributed by atoms with Crippen LogP contribution < -0.4 is 10.4 Å². The summed E-state index contributed by atoms with van der Waals surface area (Å²) in [7, 11) is 1.21. The van der Waals surface area contributed by atoms with Crippen LogP contribution in [0.3, 0.4) is 0 Å². The first-order chi connectivity index (χ1) is 13.0. The first-order valence-electron chi connectivity index (χ1n) is 7.63. The summed E-state index contributed by atoms with van der Waals surface area (Å²) in [6.45, 7) is 0. The molecule has 1 heterocycles. The summed E-state index contributed by atoms with van der Waals surface area (Å²) in [5.41, 5.74) is -2.91. The van der Waals surface area contributed by atoms with Gasteiger partial charge < -0.3 is 4.74 Å². The fourth-order valence-corrected chi connectivity index (χ4v) is 2.47. The van der Waals surface area contributed by atoms with Gasteiger partial charge in [-0.05, 0) is 30.3 Å². The molecular formula is C17H11F6N3O2. The van der Waals surface area contributed by atoms with E-state index in [9.17, 15) is 31.1 Å². The number of methoxy groups -OCH3 is 1. The fraction of sp³-hybridized carbons (Fsp3) is 0.176. The Hall–Kier alpha value is -3.24. The molecule has 2 aromatic carbocycles. The van der Waals surface area contributed by atoms with Crippen LogP contribution in [0.15, 0.2) is 47.3 Å². The van der Waals surface area contributed by atoms with E-state index in [1.807, 2.05) is 0 Å². The molecule has 148 valence electrons. The topological polar surface area (TPSA) is 59.9 Å². The molecule has 28 heavy (non-hydrogen) atoms. The molecule has 1 aromatic heterocycles. The maximum atomic E-state index is 13.0. The Balaban J connectivity index is 2.07. The van der Waals surface area contributed by atoms with Gasteiger partial charge in [0.25, 0.3) is 0 Å².